The summed E-state index contributed by atoms with van der Waals surface area (Å²) in [5.41, 5.74) is 0.322. The summed E-state index contributed by atoms with van der Waals surface area (Å²) in [4.78, 5) is 12.1. The van der Waals surface area contributed by atoms with E-state index in [1.165, 1.54) is 18.2 Å². The maximum absolute atomic E-state index is 11.9. The van der Waals surface area contributed by atoms with Gasteiger partial charge < -0.3 is 10.6 Å². The molecule has 0 aromatic heterocycles. The molecule has 2 N–H and O–H groups in total. The molecule has 1 atom stereocenters. The molecule has 1 fully saturated rings. The van der Waals surface area contributed by atoms with E-state index in [2.05, 4.69) is 10.6 Å². The Kier molecular flexibility index (Phi) is 4.13. The first-order valence-corrected chi connectivity index (χ1v) is 8.19. The molecule has 1 heterocycles. The van der Waals surface area contributed by atoms with E-state index in [-0.39, 0.29) is 16.8 Å². The van der Waals surface area contributed by atoms with Crippen LogP contribution in [-0.2, 0) is 14.6 Å². The van der Waals surface area contributed by atoms with Crippen LogP contribution < -0.4 is 10.6 Å². The standard InChI is InChI=1S/C12H15ClN2O3S/c1-19(17,18)8-4-5-9(13)11(7-8)15-12(16)10-3-2-6-14-10/h4-5,7,10,14H,2-3,6H2,1H3,(H,15,16)/t10-/m1/s1. The zero-order chi connectivity index (χ0) is 14.0. The molecular formula is C12H15ClN2O3S. The number of carbonyl (C=O) groups excluding carboxylic acids is 1. The van der Waals surface area contributed by atoms with Crippen LogP contribution in [-0.4, -0.2) is 33.2 Å². The number of rotatable bonds is 3. The predicted molar refractivity (Wildman–Crippen MR) is 74.2 cm³/mol. The highest BCUT2D eigenvalue weighted by atomic mass is 35.5. The molecule has 1 aliphatic rings. The first kappa shape index (κ1) is 14.3. The lowest BCUT2D eigenvalue weighted by Crippen LogP contribution is -2.35. The van der Waals surface area contributed by atoms with Crippen LogP contribution in [0.3, 0.4) is 0 Å². The van der Waals surface area contributed by atoms with Crippen molar-refractivity contribution in [1.29, 1.82) is 0 Å². The molecule has 1 aromatic carbocycles. The number of hydrogen-bond acceptors (Lipinski definition) is 4. The van der Waals surface area contributed by atoms with E-state index in [0.29, 0.717) is 10.7 Å². The fourth-order valence-electron chi connectivity index (χ4n) is 1.96. The van der Waals surface area contributed by atoms with E-state index in [1.807, 2.05) is 0 Å². The van der Waals surface area contributed by atoms with Crippen molar-refractivity contribution in [2.75, 3.05) is 18.1 Å². The molecule has 1 aliphatic heterocycles. The van der Waals surface area contributed by atoms with Gasteiger partial charge in [-0.3, -0.25) is 4.79 Å². The monoisotopic (exact) mass is 302 g/mol. The van der Waals surface area contributed by atoms with E-state index in [0.717, 1.165) is 25.6 Å². The Morgan fingerprint density at radius 1 is 1.47 bits per heavy atom. The summed E-state index contributed by atoms with van der Waals surface area (Å²) in [7, 11) is -3.32. The first-order chi connectivity index (χ1) is 8.88. The summed E-state index contributed by atoms with van der Waals surface area (Å²) in [5.74, 6) is -0.190. The van der Waals surface area contributed by atoms with E-state index in [1.54, 1.807) is 0 Å². The summed E-state index contributed by atoms with van der Waals surface area (Å²) >= 11 is 5.97. The average Bonchev–Trinajstić information content (AvgIpc) is 2.84. The number of carbonyl (C=O) groups is 1. The number of sulfone groups is 1. The molecule has 0 saturated carbocycles. The van der Waals surface area contributed by atoms with Gasteiger partial charge in [0.1, 0.15) is 0 Å². The Hall–Kier alpha value is -1.11. The van der Waals surface area contributed by atoms with Gasteiger partial charge in [-0.25, -0.2) is 8.42 Å². The van der Waals surface area contributed by atoms with Crippen molar-refractivity contribution < 1.29 is 13.2 Å². The summed E-state index contributed by atoms with van der Waals surface area (Å²) < 4.78 is 22.9. The molecule has 0 spiro atoms. The van der Waals surface area contributed by atoms with Gasteiger partial charge in [0.2, 0.25) is 5.91 Å². The van der Waals surface area contributed by atoms with Gasteiger partial charge in [0.25, 0.3) is 0 Å². The van der Waals surface area contributed by atoms with Gasteiger partial charge in [0, 0.05) is 6.26 Å². The third-order valence-electron chi connectivity index (χ3n) is 3.00. The Labute approximate surface area is 117 Å². The van der Waals surface area contributed by atoms with Crippen LogP contribution in [0.15, 0.2) is 23.1 Å². The number of halogens is 1. The third-order valence-corrected chi connectivity index (χ3v) is 4.44. The van der Waals surface area contributed by atoms with Gasteiger partial charge in [-0.2, -0.15) is 0 Å². The number of hydrogen-bond donors (Lipinski definition) is 2. The Morgan fingerprint density at radius 3 is 2.79 bits per heavy atom. The minimum atomic E-state index is -3.32. The van der Waals surface area contributed by atoms with E-state index >= 15 is 0 Å². The number of anilines is 1. The fourth-order valence-corrected chi connectivity index (χ4v) is 2.77. The summed E-state index contributed by atoms with van der Waals surface area (Å²) in [5, 5.41) is 6.05. The van der Waals surface area contributed by atoms with Gasteiger partial charge in [0.05, 0.1) is 21.6 Å². The quantitative estimate of drug-likeness (QED) is 0.886. The summed E-state index contributed by atoms with van der Waals surface area (Å²) in [6.45, 7) is 0.815. The van der Waals surface area contributed by atoms with Crippen molar-refractivity contribution in [3.63, 3.8) is 0 Å². The highest BCUT2D eigenvalue weighted by molar-refractivity contribution is 7.90. The van der Waals surface area contributed by atoms with Crippen LogP contribution in [0.25, 0.3) is 0 Å². The summed E-state index contributed by atoms with van der Waals surface area (Å²) in [6, 6.07) is 4.03. The smallest absolute Gasteiger partial charge is 0.241 e. The second-order valence-electron chi connectivity index (χ2n) is 4.55. The topological polar surface area (TPSA) is 75.3 Å². The molecule has 104 valence electrons. The fraction of sp³-hybridized carbons (Fsp3) is 0.417. The number of benzene rings is 1. The Morgan fingerprint density at radius 2 is 2.21 bits per heavy atom. The minimum absolute atomic E-state index is 0.131. The van der Waals surface area contributed by atoms with Crippen LogP contribution in [0.1, 0.15) is 12.8 Å². The van der Waals surface area contributed by atoms with E-state index < -0.39 is 9.84 Å². The van der Waals surface area contributed by atoms with E-state index in [4.69, 9.17) is 11.6 Å². The van der Waals surface area contributed by atoms with Crippen LogP contribution in [0, 0.1) is 0 Å². The van der Waals surface area contributed by atoms with Gasteiger partial charge in [-0.15, -0.1) is 0 Å². The largest absolute Gasteiger partial charge is 0.323 e. The Balaban J connectivity index is 2.22. The molecule has 0 aliphatic carbocycles. The first-order valence-electron chi connectivity index (χ1n) is 5.92. The molecule has 5 nitrogen and oxygen atoms in total. The van der Waals surface area contributed by atoms with Crippen LogP contribution in [0.4, 0.5) is 5.69 Å². The normalized spacial score (nSPS) is 19.4. The van der Waals surface area contributed by atoms with Gasteiger partial charge in [0.15, 0.2) is 9.84 Å². The molecule has 0 bridgehead atoms. The van der Waals surface area contributed by atoms with Crippen molar-refractivity contribution in [2.45, 2.75) is 23.8 Å². The molecular weight excluding hydrogens is 288 g/mol. The predicted octanol–water partition coefficient (Wildman–Crippen LogP) is 1.43. The highest BCUT2D eigenvalue weighted by Gasteiger charge is 2.22. The SMILES string of the molecule is CS(=O)(=O)c1ccc(Cl)c(NC(=O)[C@H]2CCCN2)c1. The number of nitrogens with one attached hydrogen (secondary N) is 2. The molecule has 2 rings (SSSR count). The maximum Gasteiger partial charge on any atom is 0.241 e. The van der Waals surface area contributed by atoms with Gasteiger partial charge >= 0.3 is 0 Å². The minimum Gasteiger partial charge on any atom is -0.323 e. The second kappa shape index (κ2) is 5.48. The molecule has 1 saturated heterocycles. The zero-order valence-corrected chi connectivity index (χ0v) is 12.0. The van der Waals surface area contributed by atoms with Crippen molar-refractivity contribution in [1.82, 2.24) is 5.32 Å². The lowest BCUT2D eigenvalue weighted by Gasteiger charge is -2.13. The molecule has 19 heavy (non-hydrogen) atoms. The Bertz CT molecular complexity index is 595. The molecule has 1 amide bonds. The maximum atomic E-state index is 11.9. The van der Waals surface area contributed by atoms with Gasteiger partial charge in [-0.05, 0) is 37.6 Å². The molecule has 1 aromatic rings. The summed E-state index contributed by atoms with van der Waals surface area (Å²) in [6.07, 6.45) is 2.84. The van der Waals surface area contributed by atoms with Crippen molar-refractivity contribution in [3.8, 4) is 0 Å². The zero-order valence-electron chi connectivity index (χ0n) is 10.4. The van der Waals surface area contributed by atoms with Crippen LogP contribution in [0.5, 0.6) is 0 Å². The van der Waals surface area contributed by atoms with Crippen molar-refractivity contribution >= 4 is 33.0 Å². The molecule has 0 radical (unpaired) electrons. The lowest BCUT2D eigenvalue weighted by molar-refractivity contribution is -0.117. The highest BCUT2D eigenvalue weighted by Crippen LogP contribution is 2.25. The van der Waals surface area contributed by atoms with Crippen molar-refractivity contribution in [2.24, 2.45) is 0 Å². The molecule has 7 heteroatoms. The number of amides is 1. The average molecular weight is 303 g/mol. The second-order valence-corrected chi connectivity index (χ2v) is 6.97. The molecule has 0 unspecified atom stereocenters. The lowest BCUT2D eigenvalue weighted by atomic mass is 10.2. The van der Waals surface area contributed by atoms with E-state index in [9.17, 15) is 13.2 Å². The van der Waals surface area contributed by atoms with Crippen LogP contribution in [0.2, 0.25) is 5.02 Å². The van der Waals surface area contributed by atoms with Gasteiger partial charge in [-0.1, -0.05) is 11.6 Å². The van der Waals surface area contributed by atoms with Crippen LogP contribution >= 0.6 is 11.6 Å². The third kappa shape index (κ3) is 3.46. The van der Waals surface area contributed by atoms with Crippen molar-refractivity contribution in [3.05, 3.63) is 23.2 Å².